The van der Waals surface area contributed by atoms with Crippen LogP contribution in [0.3, 0.4) is 0 Å². The first-order chi connectivity index (χ1) is 7.18. The third-order valence-corrected chi connectivity index (χ3v) is 2.55. The van der Waals surface area contributed by atoms with Gasteiger partial charge < -0.3 is 5.32 Å². The predicted octanol–water partition coefficient (Wildman–Crippen LogP) is 2.78. The minimum atomic E-state index is 1.03. The molecule has 0 saturated heterocycles. The Morgan fingerprint density at radius 3 is 2.33 bits per heavy atom. The van der Waals surface area contributed by atoms with Crippen LogP contribution in [-0.2, 0) is 7.05 Å². The lowest BCUT2D eigenvalue weighted by molar-refractivity contribution is 0.731. The molecular formula is C12H15N3. The van der Waals surface area contributed by atoms with E-state index in [0.717, 1.165) is 22.8 Å². The highest BCUT2D eigenvalue weighted by atomic mass is 15.3. The molecule has 0 aliphatic rings. The number of rotatable bonds is 2. The van der Waals surface area contributed by atoms with E-state index in [2.05, 4.69) is 17.3 Å². The molecule has 0 fully saturated rings. The second kappa shape index (κ2) is 3.77. The lowest BCUT2D eigenvalue weighted by Crippen LogP contribution is -1.95. The van der Waals surface area contributed by atoms with Crippen LogP contribution < -0.4 is 5.32 Å². The highest BCUT2D eigenvalue weighted by molar-refractivity contribution is 5.63. The van der Waals surface area contributed by atoms with Crippen molar-refractivity contribution in [2.75, 3.05) is 5.32 Å². The van der Waals surface area contributed by atoms with Gasteiger partial charge in [0, 0.05) is 12.7 Å². The molecule has 2 rings (SSSR count). The van der Waals surface area contributed by atoms with Crippen molar-refractivity contribution in [1.29, 1.82) is 0 Å². The van der Waals surface area contributed by atoms with E-state index in [4.69, 9.17) is 0 Å². The van der Waals surface area contributed by atoms with Crippen LogP contribution in [0.2, 0.25) is 0 Å². The van der Waals surface area contributed by atoms with Crippen molar-refractivity contribution >= 4 is 11.4 Å². The summed E-state index contributed by atoms with van der Waals surface area (Å²) in [6.45, 7) is 4.07. The second-order valence-corrected chi connectivity index (χ2v) is 3.66. The van der Waals surface area contributed by atoms with E-state index in [1.54, 1.807) is 0 Å². The Hall–Kier alpha value is -1.77. The van der Waals surface area contributed by atoms with Gasteiger partial charge in [0.05, 0.1) is 17.1 Å². The van der Waals surface area contributed by atoms with Gasteiger partial charge in [0.25, 0.3) is 0 Å². The summed E-state index contributed by atoms with van der Waals surface area (Å²) in [5, 5.41) is 7.74. The minimum absolute atomic E-state index is 1.03. The van der Waals surface area contributed by atoms with Gasteiger partial charge in [0.2, 0.25) is 0 Å². The summed E-state index contributed by atoms with van der Waals surface area (Å²) >= 11 is 0. The maximum Gasteiger partial charge on any atom is 0.0831 e. The normalized spacial score (nSPS) is 10.3. The molecule has 3 heteroatoms. The molecule has 0 aliphatic heterocycles. The largest absolute Gasteiger partial charge is 0.353 e. The molecule has 0 radical (unpaired) electrons. The SMILES string of the molecule is Cc1nn(C)c(C)c1Nc1ccccc1. The van der Waals surface area contributed by atoms with Crippen LogP contribution in [-0.4, -0.2) is 9.78 Å². The van der Waals surface area contributed by atoms with Crippen molar-refractivity contribution in [1.82, 2.24) is 9.78 Å². The Labute approximate surface area is 89.7 Å². The zero-order valence-electron chi connectivity index (χ0n) is 9.28. The minimum Gasteiger partial charge on any atom is -0.353 e. The standard InChI is InChI=1S/C12H15N3/c1-9-12(10(2)15(3)14-9)13-11-7-5-4-6-8-11/h4-8,13H,1-3H3. The zero-order chi connectivity index (χ0) is 10.8. The summed E-state index contributed by atoms with van der Waals surface area (Å²) in [6, 6.07) is 10.1. The highest BCUT2D eigenvalue weighted by Crippen LogP contribution is 2.22. The lowest BCUT2D eigenvalue weighted by Gasteiger charge is -2.06. The lowest BCUT2D eigenvalue weighted by atomic mass is 10.2. The monoisotopic (exact) mass is 201 g/mol. The Bertz CT molecular complexity index is 457. The number of nitrogens with one attached hydrogen (secondary N) is 1. The number of anilines is 2. The van der Waals surface area contributed by atoms with Crippen LogP contribution in [0.1, 0.15) is 11.4 Å². The smallest absolute Gasteiger partial charge is 0.0831 e. The molecule has 15 heavy (non-hydrogen) atoms. The molecule has 0 bridgehead atoms. The average molecular weight is 201 g/mol. The number of hydrogen-bond donors (Lipinski definition) is 1. The summed E-state index contributed by atoms with van der Waals surface area (Å²) < 4.78 is 1.89. The number of hydrogen-bond acceptors (Lipinski definition) is 2. The fourth-order valence-corrected chi connectivity index (χ4v) is 1.62. The van der Waals surface area contributed by atoms with Crippen LogP contribution in [0.15, 0.2) is 30.3 Å². The van der Waals surface area contributed by atoms with E-state index in [1.807, 2.05) is 49.0 Å². The van der Waals surface area contributed by atoms with E-state index in [1.165, 1.54) is 0 Å². The number of para-hydroxylation sites is 1. The van der Waals surface area contributed by atoms with Crippen LogP contribution in [0.5, 0.6) is 0 Å². The van der Waals surface area contributed by atoms with Crippen LogP contribution in [0.4, 0.5) is 11.4 Å². The van der Waals surface area contributed by atoms with E-state index in [-0.39, 0.29) is 0 Å². The summed E-state index contributed by atoms with van der Waals surface area (Å²) in [5.41, 5.74) is 4.37. The van der Waals surface area contributed by atoms with Crippen molar-refractivity contribution in [3.05, 3.63) is 41.7 Å². The highest BCUT2D eigenvalue weighted by Gasteiger charge is 2.08. The number of nitrogens with zero attached hydrogens (tertiary/aromatic N) is 2. The molecule has 3 nitrogen and oxygen atoms in total. The molecule has 0 atom stereocenters. The van der Waals surface area contributed by atoms with Crippen molar-refractivity contribution in [2.45, 2.75) is 13.8 Å². The molecule has 0 amide bonds. The van der Waals surface area contributed by atoms with Crippen molar-refractivity contribution in [3.63, 3.8) is 0 Å². The van der Waals surface area contributed by atoms with Crippen molar-refractivity contribution in [3.8, 4) is 0 Å². The summed E-state index contributed by atoms with van der Waals surface area (Å²) in [5.74, 6) is 0. The van der Waals surface area contributed by atoms with Gasteiger partial charge in [-0.15, -0.1) is 0 Å². The predicted molar refractivity (Wildman–Crippen MR) is 62.4 cm³/mol. The van der Waals surface area contributed by atoms with Gasteiger partial charge in [-0.3, -0.25) is 4.68 Å². The third kappa shape index (κ3) is 1.86. The van der Waals surface area contributed by atoms with E-state index < -0.39 is 0 Å². The van der Waals surface area contributed by atoms with Gasteiger partial charge in [0.15, 0.2) is 0 Å². The first-order valence-corrected chi connectivity index (χ1v) is 5.01. The average Bonchev–Trinajstić information content (AvgIpc) is 2.47. The van der Waals surface area contributed by atoms with E-state index in [9.17, 15) is 0 Å². The summed E-state index contributed by atoms with van der Waals surface area (Å²) in [4.78, 5) is 0. The first kappa shape index (κ1) is 9.77. The van der Waals surface area contributed by atoms with Gasteiger partial charge in [-0.1, -0.05) is 18.2 Å². The van der Waals surface area contributed by atoms with Crippen molar-refractivity contribution in [2.24, 2.45) is 7.05 Å². The molecular weight excluding hydrogens is 186 g/mol. The summed E-state index contributed by atoms with van der Waals surface area (Å²) in [7, 11) is 1.96. The topological polar surface area (TPSA) is 29.9 Å². The number of aryl methyl sites for hydroxylation is 2. The molecule has 78 valence electrons. The Morgan fingerprint density at radius 1 is 1.13 bits per heavy atom. The van der Waals surface area contributed by atoms with Gasteiger partial charge >= 0.3 is 0 Å². The van der Waals surface area contributed by atoms with E-state index in [0.29, 0.717) is 0 Å². The Kier molecular flexibility index (Phi) is 2.46. The molecule has 0 spiro atoms. The molecule has 1 aromatic carbocycles. The van der Waals surface area contributed by atoms with Crippen LogP contribution in [0.25, 0.3) is 0 Å². The maximum atomic E-state index is 4.36. The quantitative estimate of drug-likeness (QED) is 0.809. The summed E-state index contributed by atoms with van der Waals surface area (Å²) in [6.07, 6.45) is 0. The van der Waals surface area contributed by atoms with E-state index >= 15 is 0 Å². The molecule has 1 N–H and O–H groups in total. The third-order valence-electron chi connectivity index (χ3n) is 2.55. The Morgan fingerprint density at radius 2 is 1.80 bits per heavy atom. The second-order valence-electron chi connectivity index (χ2n) is 3.66. The molecule has 0 aliphatic carbocycles. The van der Waals surface area contributed by atoms with Gasteiger partial charge in [-0.05, 0) is 26.0 Å². The molecule has 0 unspecified atom stereocenters. The zero-order valence-corrected chi connectivity index (χ0v) is 9.28. The molecule has 0 saturated carbocycles. The molecule has 2 aromatic rings. The fourth-order valence-electron chi connectivity index (χ4n) is 1.62. The fraction of sp³-hybridized carbons (Fsp3) is 0.250. The van der Waals surface area contributed by atoms with Gasteiger partial charge in [-0.25, -0.2) is 0 Å². The van der Waals surface area contributed by atoms with Crippen molar-refractivity contribution < 1.29 is 0 Å². The Balaban J connectivity index is 2.32. The number of aromatic nitrogens is 2. The van der Waals surface area contributed by atoms with Gasteiger partial charge in [0.1, 0.15) is 0 Å². The maximum absolute atomic E-state index is 4.36. The van der Waals surface area contributed by atoms with Crippen LogP contribution >= 0.6 is 0 Å². The van der Waals surface area contributed by atoms with Crippen LogP contribution in [0, 0.1) is 13.8 Å². The molecule has 1 aromatic heterocycles. The number of benzene rings is 1. The van der Waals surface area contributed by atoms with Gasteiger partial charge in [-0.2, -0.15) is 5.10 Å². The first-order valence-electron chi connectivity index (χ1n) is 5.01. The molecule has 1 heterocycles.